The zero-order valence-electron chi connectivity index (χ0n) is 66.9. The summed E-state index contributed by atoms with van der Waals surface area (Å²) < 4.78 is 183. The van der Waals surface area contributed by atoms with Crippen molar-refractivity contribution in [2.24, 2.45) is 0 Å². The first-order chi connectivity index (χ1) is 59.4. The number of fused-ring (bicyclic) bond motifs is 4. The van der Waals surface area contributed by atoms with Crippen molar-refractivity contribution in [3.8, 4) is 33.4 Å². The second-order valence-corrected chi connectivity index (χ2v) is 35.4. The third-order valence-electron chi connectivity index (χ3n) is 18.3. The van der Waals surface area contributed by atoms with Crippen molar-refractivity contribution in [1.82, 2.24) is 39.9 Å². The van der Waals surface area contributed by atoms with Crippen LogP contribution in [0.2, 0.25) is 10.0 Å². The normalized spacial score (nSPS) is 11.3. The van der Waals surface area contributed by atoms with Crippen LogP contribution >= 0.6 is 23.2 Å². The van der Waals surface area contributed by atoms with E-state index in [1.54, 1.807) is 162 Å². The molecule has 0 spiro atoms. The van der Waals surface area contributed by atoms with Crippen LogP contribution in [0.15, 0.2) is 232 Å². The average Bonchev–Trinajstić information content (AvgIpc) is 0.920. The molecule has 644 valence electrons. The maximum Gasteiger partial charge on any atom is 0.232 e. The number of alkyl halides is 2. The third-order valence-corrected chi connectivity index (χ3v) is 24.8. The van der Waals surface area contributed by atoms with Crippen LogP contribution in [0.5, 0.6) is 0 Å². The monoisotopic (exact) mass is 1810 g/mol. The van der Waals surface area contributed by atoms with E-state index in [0.29, 0.717) is 128 Å². The Labute approximate surface area is 720 Å². The Balaban J connectivity index is 0.000000171. The molecular formula is C88H80Cl2F6N12O12S4. The number of H-pyrrole nitrogens is 4. The second-order valence-electron chi connectivity index (χ2n) is 27.2. The lowest BCUT2D eigenvalue weighted by molar-refractivity contribution is 0.102. The predicted molar refractivity (Wildman–Crippen MR) is 475 cm³/mol. The summed E-state index contributed by atoms with van der Waals surface area (Å²) in [5.41, 5.74) is 7.03. The van der Waals surface area contributed by atoms with Gasteiger partial charge < -0.3 is 19.9 Å². The Bertz CT molecular complexity index is 6890. The van der Waals surface area contributed by atoms with Gasteiger partial charge in [0.2, 0.25) is 51.7 Å². The van der Waals surface area contributed by atoms with Crippen molar-refractivity contribution in [2.75, 3.05) is 56.3 Å². The summed E-state index contributed by atoms with van der Waals surface area (Å²) in [6.07, 6.45) is 14.2. The molecule has 15 rings (SSSR count). The first kappa shape index (κ1) is 93.4. The molecule has 0 atom stereocenters. The minimum atomic E-state index is -3.84. The quantitative estimate of drug-likeness (QED) is 0.0175. The fourth-order valence-electron chi connectivity index (χ4n) is 12.8. The molecule has 36 heteroatoms. The highest BCUT2D eigenvalue weighted by Gasteiger charge is 2.29. The van der Waals surface area contributed by atoms with Crippen molar-refractivity contribution in [2.45, 2.75) is 53.4 Å². The molecule has 0 saturated carbocycles. The number of anilines is 4. The Morgan fingerprint density at radius 3 is 1.02 bits per heavy atom. The Morgan fingerprint density at radius 2 is 0.661 bits per heavy atom. The number of ketones is 4. The highest BCUT2D eigenvalue weighted by molar-refractivity contribution is 7.93. The van der Waals surface area contributed by atoms with E-state index in [1.807, 2.05) is 54.6 Å². The van der Waals surface area contributed by atoms with Gasteiger partial charge in [-0.25, -0.2) is 71.2 Å². The molecule has 7 aromatic carbocycles. The molecule has 124 heavy (non-hydrogen) atoms. The predicted octanol–water partition coefficient (Wildman–Crippen LogP) is 19.8. The summed E-state index contributed by atoms with van der Waals surface area (Å²) in [5.74, 6) is -7.41. The van der Waals surface area contributed by atoms with Gasteiger partial charge in [-0.3, -0.25) is 46.8 Å². The van der Waals surface area contributed by atoms with Gasteiger partial charge >= 0.3 is 0 Å². The molecule has 0 aliphatic heterocycles. The maximum absolute atomic E-state index is 15.1. The minimum absolute atomic E-state index is 0.000297. The van der Waals surface area contributed by atoms with Crippen molar-refractivity contribution in [3.63, 3.8) is 0 Å². The summed E-state index contributed by atoms with van der Waals surface area (Å²) in [7, 11) is -13.5. The van der Waals surface area contributed by atoms with Crippen LogP contribution in [-0.2, 0) is 40.1 Å². The van der Waals surface area contributed by atoms with Gasteiger partial charge in [-0.1, -0.05) is 130 Å². The first-order valence-corrected chi connectivity index (χ1v) is 45.3. The van der Waals surface area contributed by atoms with E-state index < -0.39 is 97.4 Å². The molecule has 24 nitrogen and oxygen atoms in total. The van der Waals surface area contributed by atoms with E-state index in [-0.39, 0.29) is 45.7 Å². The third kappa shape index (κ3) is 23.1. The number of rotatable bonds is 27. The molecule has 8 heterocycles. The van der Waals surface area contributed by atoms with E-state index in [2.05, 4.69) is 58.8 Å². The first-order valence-electron chi connectivity index (χ1n) is 37.9. The topological polar surface area (TPSA) is 368 Å². The average molecular weight is 1810 g/mol. The van der Waals surface area contributed by atoms with Crippen molar-refractivity contribution < 1.29 is 79.2 Å². The van der Waals surface area contributed by atoms with Crippen molar-refractivity contribution in [3.05, 3.63) is 309 Å². The molecule has 0 bridgehead atoms. The minimum Gasteiger partial charge on any atom is -0.345 e. The molecule has 0 fully saturated rings. The lowest BCUT2D eigenvalue weighted by atomic mass is 10.00. The number of sulfonamides is 4. The fraction of sp³-hybridized carbons (Fsp3) is 0.159. The van der Waals surface area contributed by atoms with Gasteiger partial charge in [-0.2, -0.15) is 0 Å². The lowest BCUT2D eigenvalue weighted by Crippen LogP contribution is -2.18. The fourth-order valence-corrected chi connectivity index (χ4v) is 17.6. The smallest absolute Gasteiger partial charge is 0.232 e. The summed E-state index contributed by atoms with van der Waals surface area (Å²) in [4.78, 5) is 81.1. The van der Waals surface area contributed by atoms with Crippen LogP contribution in [0.4, 0.5) is 49.1 Å². The summed E-state index contributed by atoms with van der Waals surface area (Å²) in [5, 5.41) is 3.39. The van der Waals surface area contributed by atoms with Gasteiger partial charge in [0.15, 0.2) is 23.2 Å². The van der Waals surface area contributed by atoms with Crippen molar-refractivity contribution in [1.29, 1.82) is 0 Å². The molecule has 0 amide bonds. The zero-order chi connectivity index (χ0) is 89.8. The number of nitrogens with zero attached hydrogens (tertiary/aromatic N) is 4. The number of nitrogens with one attached hydrogen (secondary N) is 8. The molecule has 15 aromatic rings. The van der Waals surface area contributed by atoms with Crippen LogP contribution in [-0.4, -0.2) is 134 Å². The number of aromatic amines is 4. The van der Waals surface area contributed by atoms with E-state index in [9.17, 15) is 74.8 Å². The number of hydrogen-bond donors (Lipinski definition) is 8. The van der Waals surface area contributed by atoms with Gasteiger partial charge in [-0.05, 0) is 146 Å². The number of benzene rings is 7. The number of hydrogen-bond acceptors (Lipinski definition) is 16. The van der Waals surface area contributed by atoms with E-state index >= 15 is 4.39 Å². The van der Waals surface area contributed by atoms with Gasteiger partial charge in [0.25, 0.3) is 0 Å². The number of halogens is 8. The SMILES string of the molecule is CCCS(=O)(=O)Nc1ccc(F)c(C(=O)c2c[nH]c3ncc(-c4ccc(Cl)cc4)cc23)c1F.CCCS(=O)(=O)Nc1ccc(F)c(C(=O)c2c[nH]c3ncccc23)c1F.CCCS(=O)(=O)Nc1cccc(C(=O)c2c[nH]c3ncc(-c4ccc(Cl)cc4)cc23)c1.CCCS(=O)(=O)Nc1cccc(C(=O)c2c[nH]c3ncc(-c4ccccc4)cc23)c1.CF.CF. The van der Waals surface area contributed by atoms with Crippen molar-refractivity contribution >= 4 is 153 Å². The number of pyridine rings is 4. The molecule has 0 aliphatic rings. The summed E-state index contributed by atoms with van der Waals surface area (Å²) in [6, 6.07) is 49.5. The molecule has 0 aliphatic carbocycles. The molecule has 0 radical (unpaired) electrons. The molecular weight excluding hydrogens is 1730 g/mol. The Hall–Kier alpha value is -12.9. The van der Waals surface area contributed by atoms with Crippen LogP contribution in [0.3, 0.4) is 0 Å². The molecule has 8 aromatic heterocycles. The van der Waals surface area contributed by atoms with Gasteiger partial charge in [0.05, 0.1) is 59.9 Å². The van der Waals surface area contributed by atoms with Gasteiger partial charge in [-0.15, -0.1) is 0 Å². The summed E-state index contributed by atoms with van der Waals surface area (Å²) >= 11 is 11.9. The largest absolute Gasteiger partial charge is 0.345 e. The number of carbonyl (C=O) groups excluding carboxylic acids is 4. The molecule has 8 N–H and O–H groups in total. The molecule has 0 unspecified atom stereocenters. The van der Waals surface area contributed by atoms with E-state index in [4.69, 9.17) is 23.2 Å². The maximum atomic E-state index is 15.1. The molecule has 0 saturated heterocycles. The number of aromatic nitrogens is 8. The van der Waals surface area contributed by atoms with E-state index in [1.165, 1.54) is 18.6 Å². The van der Waals surface area contributed by atoms with Crippen LogP contribution < -0.4 is 18.9 Å². The van der Waals surface area contributed by atoms with Gasteiger partial charge in [0, 0.05) is 143 Å². The Kier molecular flexibility index (Phi) is 31.5. The highest BCUT2D eigenvalue weighted by Crippen LogP contribution is 2.35. The Morgan fingerprint density at radius 1 is 0.339 bits per heavy atom. The number of carbonyl (C=O) groups is 4. The summed E-state index contributed by atoms with van der Waals surface area (Å²) in [6.45, 7) is 6.90. The van der Waals surface area contributed by atoms with E-state index in [0.717, 1.165) is 57.5 Å². The lowest BCUT2D eigenvalue weighted by Gasteiger charge is -2.11. The van der Waals surface area contributed by atoms with Crippen LogP contribution in [0.1, 0.15) is 117 Å². The second kappa shape index (κ2) is 41.8. The standard InChI is InChI=1S/C23H18ClF2N3O3S.C23H20ClN3O3S.C23H21N3O3S.C17H15F2N3O3S.2CH3F/c1-2-9-33(31,32)29-19-8-7-18(25)20(21(19)26)22(30)17-12-28-23-16(17)10-14(11-27-23)13-3-5-15(24)6-4-13;1-2-10-31(29,30)27-19-5-3-4-16(11-19)22(28)21-14-26-23-20(21)12-17(13-25-23)15-6-8-18(24)9-7-15;1-2-11-30(28,29)26-19-10-6-9-17(12-19)22(27)21-15-25-23-20(21)13-18(14-24-23)16-7-4-3-5-8-16;1-2-8-26(24,25)22-13-6-5-12(18)14(15(13)19)16(23)11-9-21-17-10(11)4-3-7-20-17;2*1-2/h3-8,10-12,29H,2,9H2,1H3,(H,27,28);3-9,11-14,27H,2,10H2,1H3,(H,25,26);3-10,12-15,26H,2,11H2,1H3,(H,24,25);3-7,9,22H,2,8H2,1H3,(H,20,21);2*1H3. The van der Waals surface area contributed by atoms with Gasteiger partial charge in [0.1, 0.15) is 34.2 Å². The van der Waals surface area contributed by atoms with Crippen LogP contribution in [0, 0.1) is 23.3 Å². The highest BCUT2D eigenvalue weighted by atomic mass is 35.5. The zero-order valence-corrected chi connectivity index (χ0v) is 71.7. The van der Waals surface area contributed by atoms with Crippen LogP contribution in [0.25, 0.3) is 77.5 Å².